The fraction of sp³-hybridized carbons (Fsp3) is 0.706. The maximum absolute atomic E-state index is 10.9. The van der Waals surface area contributed by atoms with Crippen molar-refractivity contribution in [3.63, 3.8) is 0 Å². The fourth-order valence-electron chi connectivity index (χ4n) is 3.99. The van der Waals surface area contributed by atoms with Crippen molar-refractivity contribution >= 4 is 19.1 Å². The second-order valence-corrected chi connectivity index (χ2v) is 9.33. The molecule has 0 aromatic carbocycles. The van der Waals surface area contributed by atoms with Crippen LogP contribution in [0.5, 0.6) is 0 Å². The molecule has 12 nitrogen and oxygen atoms in total. The number of aliphatic hydroxyl groups excluding tert-OH is 2. The summed E-state index contributed by atoms with van der Waals surface area (Å²) in [6.07, 6.45) is 3.36. The van der Waals surface area contributed by atoms with Gasteiger partial charge in [-0.1, -0.05) is 19.3 Å². The number of rotatable bonds is 7. The zero-order valence-corrected chi connectivity index (χ0v) is 17.1. The smallest absolute Gasteiger partial charge is 0.350 e. The Kier molecular flexibility index (Phi) is 6.35. The van der Waals surface area contributed by atoms with Crippen molar-refractivity contribution < 1.29 is 34.0 Å². The summed E-state index contributed by atoms with van der Waals surface area (Å²) in [5, 5.41) is 28.4. The monoisotopic (exact) mass is 443 g/mol. The second kappa shape index (κ2) is 8.83. The zero-order chi connectivity index (χ0) is 21.3. The number of aromatic nitrogens is 4. The van der Waals surface area contributed by atoms with Crippen LogP contribution in [0.15, 0.2) is 12.5 Å². The van der Waals surface area contributed by atoms with Crippen LogP contribution in [-0.4, -0.2) is 76.9 Å². The molecule has 0 amide bonds. The van der Waals surface area contributed by atoms with Gasteiger partial charge in [0.2, 0.25) is 0 Å². The molecule has 2 aliphatic rings. The van der Waals surface area contributed by atoms with Crippen molar-refractivity contribution in [2.45, 2.75) is 62.6 Å². The number of hydrogen-bond donors (Lipinski definition) is 5. The van der Waals surface area contributed by atoms with Crippen molar-refractivity contribution in [1.82, 2.24) is 19.6 Å². The van der Waals surface area contributed by atoms with E-state index in [1.165, 1.54) is 36.3 Å². The minimum Gasteiger partial charge on any atom is -0.387 e. The summed E-state index contributed by atoms with van der Waals surface area (Å²) >= 11 is 0. The first-order chi connectivity index (χ1) is 14.3. The van der Waals surface area contributed by atoms with E-state index in [9.17, 15) is 14.8 Å². The average Bonchev–Trinajstić information content (AvgIpc) is 3.25. The molecule has 1 aliphatic carbocycles. The van der Waals surface area contributed by atoms with Gasteiger partial charge in [-0.15, -0.1) is 0 Å². The third-order valence-corrected chi connectivity index (χ3v) is 5.99. The molecular weight excluding hydrogens is 417 g/mol. The summed E-state index contributed by atoms with van der Waals surface area (Å²) in [7, 11) is -4.33. The lowest BCUT2D eigenvalue weighted by atomic mass is 9.95. The summed E-state index contributed by atoms with van der Waals surface area (Å²) in [5.41, 5.74) is 0.924. The Balaban J connectivity index is 1.50. The van der Waals surface area contributed by atoms with E-state index < -0.39 is 38.4 Å². The van der Waals surface area contributed by atoms with Crippen molar-refractivity contribution in [3.05, 3.63) is 18.2 Å². The highest BCUT2D eigenvalue weighted by atomic mass is 31.2. The van der Waals surface area contributed by atoms with Gasteiger partial charge in [0.25, 0.3) is 0 Å². The number of aliphatic hydroxyl groups is 2. The highest BCUT2D eigenvalue weighted by Crippen LogP contribution is 2.37. The molecular formula is C17H26N5O7P. The van der Waals surface area contributed by atoms with Gasteiger partial charge in [-0.25, -0.2) is 14.5 Å². The van der Waals surface area contributed by atoms with E-state index in [1.54, 1.807) is 0 Å². The first-order valence-corrected chi connectivity index (χ1v) is 11.7. The first-order valence-electron chi connectivity index (χ1n) is 9.92. The van der Waals surface area contributed by atoms with Gasteiger partial charge in [0.05, 0.1) is 18.5 Å². The van der Waals surface area contributed by atoms with Crippen LogP contribution in [0.3, 0.4) is 0 Å². The van der Waals surface area contributed by atoms with Gasteiger partial charge in [-0.2, -0.15) is 5.10 Å². The topological polar surface area (TPSA) is 172 Å². The van der Waals surface area contributed by atoms with Crippen molar-refractivity contribution in [2.75, 3.05) is 18.3 Å². The SMILES string of the molecule is O=P(O)(O)COC[C@H]1O[C@@H](c2cnc3c(NC4CCCCC4)ncnn23)[C@H](O)[C@@H]1O. The molecule has 0 radical (unpaired) electrons. The Labute approximate surface area is 172 Å². The number of anilines is 1. The van der Waals surface area contributed by atoms with Crippen LogP contribution in [0.1, 0.15) is 43.9 Å². The number of imidazole rings is 1. The molecule has 166 valence electrons. The Bertz CT molecular complexity index is 915. The number of nitrogens with one attached hydrogen (secondary N) is 1. The van der Waals surface area contributed by atoms with E-state index in [0.717, 1.165) is 12.8 Å². The molecule has 2 aromatic rings. The zero-order valence-electron chi connectivity index (χ0n) is 16.2. The molecule has 4 atom stereocenters. The maximum Gasteiger partial charge on any atom is 0.350 e. The van der Waals surface area contributed by atoms with Crippen LogP contribution in [0.4, 0.5) is 5.82 Å². The summed E-state index contributed by atoms with van der Waals surface area (Å²) < 4.78 is 23.1. The van der Waals surface area contributed by atoms with E-state index in [2.05, 4.69) is 20.4 Å². The summed E-state index contributed by atoms with van der Waals surface area (Å²) in [4.78, 5) is 26.4. The van der Waals surface area contributed by atoms with Crippen LogP contribution < -0.4 is 5.32 Å². The number of ether oxygens (including phenoxy) is 2. The standard InChI is InChI=1S/C17H26N5O7P/c23-13-12(7-28-9-30(25,26)27)29-15(14(13)24)11-6-18-17-16(19-8-20-22(11)17)21-10-4-2-1-3-5-10/h6,8,10,12-15,23-24H,1-5,7,9H2,(H,19,20,21)(H2,25,26,27)/t12-,13-,14-,15+/m1/s1. The maximum atomic E-state index is 10.9. The Morgan fingerprint density at radius 1 is 1.20 bits per heavy atom. The van der Waals surface area contributed by atoms with Crippen LogP contribution in [0.2, 0.25) is 0 Å². The van der Waals surface area contributed by atoms with E-state index in [-0.39, 0.29) is 6.61 Å². The molecule has 2 fully saturated rings. The molecule has 4 rings (SSSR count). The van der Waals surface area contributed by atoms with Gasteiger partial charge >= 0.3 is 7.60 Å². The molecule has 1 saturated carbocycles. The molecule has 0 unspecified atom stereocenters. The number of hydrogen-bond acceptors (Lipinski definition) is 9. The average molecular weight is 443 g/mol. The van der Waals surface area contributed by atoms with E-state index in [4.69, 9.17) is 19.3 Å². The van der Waals surface area contributed by atoms with Crippen LogP contribution in [-0.2, 0) is 14.0 Å². The van der Waals surface area contributed by atoms with E-state index in [0.29, 0.717) is 23.2 Å². The third-order valence-electron chi connectivity index (χ3n) is 5.47. The lowest BCUT2D eigenvalue weighted by Crippen LogP contribution is -2.33. The predicted octanol–water partition coefficient (Wildman–Crippen LogP) is 0.182. The van der Waals surface area contributed by atoms with Gasteiger partial charge in [0.15, 0.2) is 11.5 Å². The van der Waals surface area contributed by atoms with Gasteiger partial charge in [-0.05, 0) is 12.8 Å². The van der Waals surface area contributed by atoms with Crippen LogP contribution in [0.25, 0.3) is 5.65 Å². The van der Waals surface area contributed by atoms with Crippen molar-refractivity contribution in [1.29, 1.82) is 0 Å². The Hall–Kier alpha value is -1.66. The minimum absolute atomic E-state index is 0.278. The molecule has 30 heavy (non-hydrogen) atoms. The summed E-state index contributed by atoms with van der Waals surface area (Å²) in [6, 6.07) is 0.322. The highest BCUT2D eigenvalue weighted by molar-refractivity contribution is 7.51. The molecule has 1 aliphatic heterocycles. The van der Waals surface area contributed by atoms with E-state index in [1.807, 2.05) is 0 Å². The summed E-state index contributed by atoms with van der Waals surface area (Å²) in [6.45, 7) is -0.278. The number of nitrogens with zero attached hydrogens (tertiary/aromatic N) is 4. The molecule has 13 heteroatoms. The lowest BCUT2D eigenvalue weighted by molar-refractivity contribution is -0.0402. The Morgan fingerprint density at radius 2 is 1.97 bits per heavy atom. The lowest BCUT2D eigenvalue weighted by Gasteiger charge is -2.23. The molecule has 2 aromatic heterocycles. The van der Waals surface area contributed by atoms with Crippen molar-refractivity contribution in [2.24, 2.45) is 0 Å². The van der Waals surface area contributed by atoms with Gasteiger partial charge in [0.1, 0.15) is 37.1 Å². The largest absolute Gasteiger partial charge is 0.387 e. The Morgan fingerprint density at radius 3 is 2.70 bits per heavy atom. The summed E-state index contributed by atoms with van der Waals surface area (Å²) in [5.74, 6) is 0.595. The molecule has 5 N–H and O–H groups in total. The van der Waals surface area contributed by atoms with Crippen molar-refractivity contribution in [3.8, 4) is 0 Å². The molecule has 1 saturated heterocycles. The molecule has 3 heterocycles. The molecule has 0 spiro atoms. The quantitative estimate of drug-likeness (QED) is 0.370. The second-order valence-electron chi connectivity index (χ2n) is 7.75. The van der Waals surface area contributed by atoms with E-state index >= 15 is 0 Å². The molecule has 0 bridgehead atoms. The van der Waals surface area contributed by atoms with Gasteiger partial charge in [-0.3, -0.25) is 4.57 Å². The van der Waals surface area contributed by atoms with Crippen LogP contribution >= 0.6 is 7.60 Å². The minimum atomic E-state index is -4.33. The normalized spacial score (nSPS) is 28.3. The fourth-order valence-corrected chi connectivity index (χ4v) is 4.33. The van der Waals surface area contributed by atoms with Crippen LogP contribution in [0, 0.1) is 0 Å². The van der Waals surface area contributed by atoms with Gasteiger partial charge in [0, 0.05) is 6.04 Å². The predicted molar refractivity (Wildman–Crippen MR) is 104 cm³/mol. The van der Waals surface area contributed by atoms with Gasteiger partial charge < -0.3 is 34.8 Å². The third kappa shape index (κ3) is 4.65. The number of fused-ring (bicyclic) bond motifs is 1. The highest BCUT2D eigenvalue weighted by Gasteiger charge is 2.45. The first kappa shape index (κ1) is 21.6.